The molecule has 2 heterocycles. The van der Waals surface area contributed by atoms with Crippen LogP contribution in [0, 0.1) is 0 Å². The van der Waals surface area contributed by atoms with Crippen molar-refractivity contribution >= 4 is 65.4 Å². The first-order valence-corrected chi connectivity index (χ1v) is 13.9. The van der Waals surface area contributed by atoms with E-state index in [0.717, 1.165) is 38.8 Å². The van der Waals surface area contributed by atoms with Crippen LogP contribution < -0.4 is 0 Å². The molecule has 190 valence electrons. The lowest BCUT2D eigenvalue weighted by molar-refractivity contribution is 1.14. The van der Waals surface area contributed by atoms with Gasteiger partial charge in [0.1, 0.15) is 5.52 Å². The number of fused-ring (bicyclic) bond motifs is 8. The van der Waals surface area contributed by atoms with E-state index in [1.807, 2.05) is 24.3 Å². The first-order chi connectivity index (χ1) is 20.3. The van der Waals surface area contributed by atoms with Crippen LogP contribution in [0.25, 0.3) is 82.2 Å². The number of hydrogen-bond donors (Lipinski definition) is 0. The number of benzene rings is 7. The topological polar surface area (TPSA) is 30.7 Å². The van der Waals surface area contributed by atoms with Gasteiger partial charge in [0.25, 0.3) is 0 Å². The molecule has 0 bridgehead atoms. The van der Waals surface area contributed by atoms with Crippen LogP contribution in [-0.4, -0.2) is 14.5 Å². The Morgan fingerprint density at radius 2 is 1.12 bits per heavy atom. The third kappa shape index (κ3) is 3.33. The first-order valence-electron chi connectivity index (χ1n) is 13.9. The van der Waals surface area contributed by atoms with Gasteiger partial charge < -0.3 is 0 Å². The molecule has 3 nitrogen and oxygen atoms in total. The average molecular weight is 522 g/mol. The van der Waals surface area contributed by atoms with E-state index >= 15 is 0 Å². The second-order valence-electron chi connectivity index (χ2n) is 10.7. The van der Waals surface area contributed by atoms with E-state index in [1.54, 1.807) is 0 Å². The predicted octanol–water partition coefficient (Wildman–Crippen LogP) is 9.85. The number of hydrogen-bond acceptors (Lipinski definition) is 2. The highest BCUT2D eigenvalue weighted by Gasteiger charge is 2.18. The summed E-state index contributed by atoms with van der Waals surface area (Å²) in [5.41, 5.74) is 8.16. The zero-order valence-corrected chi connectivity index (χ0v) is 22.1. The summed E-state index contributed by atoms with van der Waals surface area (Å²) in [6.07, 6.45) is 0. The van der Waals surface area contributed by atoms with Crippen molar-refractivity contribution in [2.75, 3.05) is 0 Å². The molecule has 9 aromatic rings. The van der Waals surface area contributed by atoms with Crippen molar-refractivity contribution in [3.05, 3.63) is 140 Å². The third-order valence-corrected chi connectivity index (χ3v) is 8.33. The Hall–Kier alpha value is -5.54. The van der Waals surface area contributed by atoms with Crippen molar-refractivity contribution in [1.29, 1.82) is 0 Å². The molecule has 0 fully saturated rings. The Labute approximate surface area is 235 Å². The number of nitrogens with zero attached hydrogens (tertiary/aromatic N) is 3. The molecule has 41 heavy (non-hydrogen) atoms. The Morgan fingerprint density at radius 3 is 1.98 bits per heavy atom. The predicted molar refractivity (Wildman–Crippen MR) is 172 cm³/mol. The highest BCUT2D eigenvalue weighted by atomic mass is 15.1. The van der Waals surface area contributed by atoms with Crippen molar-refractivity contribution < 1.29 is 0 Å². The molecular weight excluding hydrogens is 498 g/mol. The van der Waals surface area contributed by atoms with Crippen LogP contribution in [0.3, 0.4) is 0 Å². The second-order valence-corrected chi connectivity index (χ2v) is 10.7. The normalized spacial score (nSPS) is 11.9. The number of para-hydroxylation sites is 2. The van der Waals surface area contributed by atoms with E-state index in [2.05, 4.69) is 120 Å². The molecule has 0 unspecified atom stereocenters. The molecule has 0 N–H and O–H groups in total. The first kappa shape index (κ1) is 22.3. The lowest BCUT2D eigenvalue weighted by Gasteiger charge is -2.12. The quantitative estimate of drug-likeness (QED) is 0.212. The molecule has 0 saturated carbocycles. The van der Waals surface area contributed by atoms with Gasteiger partial charge in [0.05, 0.1) is 16.6 Å². The van der Waals surface area contributed by atoms with Gasteiger partial charge >= 0.3 is 0 Å². The smallest absolute Gasteiger partial charge is 0.165 e. The van der Waals surface area contributed by atoms with E-state index in [4.69, 9.17) is 9.97 Å². The van der Waals surface area contributed by atoms with Gasteiger partial charge in [-0.05, 0) is 85.9 Å². The summed E-state index contributed by atoms with van der Waals surface area (Å²) >= 11 is 0. The molecule has 0 aliphatic heterocycles. The van der Waals surface area contributed by atoms with Crippen molar-refractivity contribution in [1.82, 2.24) is 14.5 Å². The van der Waals surface area contributed by atoms with Gasteiger partial charge in [0, 0.05) is 11.1 Å². The monoisotopic (exact) mass is 521 g/mol. The maximum absolute atomic E-state index is 5.18. The minimum Gasteiger partial charge on any atom is -0.293 e. The molecule has 0 spiro atoms. The van der Waals surface area contributed by atoms with Crippen LogP contribution in [0.4, 0.5) is 0 Å². The summed E-state index contributed by atoms with van der Waals surface area (Å²) in [7, 11) is 0. The standard InChI is InChI=1S/C38H23N3/c1-2-10-25-21-28(19-17-24(25)9-1)41-36-20-18-27(23-33(36)37-38(41)40-35-16-8-7-15-34(35)39-37)32-22-26-11-3-4-12-29(26)30-13-5-6-14-31(30)32/h1-23H. The fourth-order valence-electron chi connectivity index (χ4n) is 6.40. The number of aromatic nitrogens is 3. The molecule has 0 aliphatic rings. The maximum Gasteiger partial charge on any atom is 0.165 e. The van der Waals surface area contributed by atoms with Gasteiger partial charge in [-0.3, -0.25) is 4.57 Å². The van der Waals surface area contributed by atoms with E-state index in [1.165, 1.54) is 43.4 Å². The van der Waals surface area contributed by atoms with Crippen LogP contribution >= 0.6 is 0 Å². The van der Waals surface area contributed by atoms with Gasteiger partial charge in [-0.2, -0.15) is 0 Å². The minimum absolute atomic E-state index is 0.870. The summed E-state index contributed by atoms with van der Waals surface area (Å²) in [5, 5.41) is 8.56. The van der Waals surface area contributed by atoms with E-state index < -0.39 is 0 Å². The summed E-state index contributed by atoms with van der Waals surface area (Å²) in [4.78, 5) is 10.3. The Morgan fingerprint density at radius 1 is 0.439 bits per heavy atom. The number of rotatable bonds is 2. The van der Waals surface area contributed by atoms with Crippen molar-refractivity contribution in [2.45, 2.75) is 0 Å². The van der Waals surface area contributed by atoms with Crippen LogP contribution in [0.2, 0.25) is 0 Å². The molecular formula is C38H23N3. The molecule has 7 aromatic carbocycles. The molecule has 9 rings (SSSR count). The van der Waals surface area contributed by atoms with E-state index in [0.29, 0.717) is 0 Å². The fourth-order valence-corrected chi connectivity index (χ4v) is 6.40. The summed E-state index contributed by atoms with van der Waals surface area (Å²) in [6.45, 7) is 0. The van der Waals surface area contributed by atoms with Gasteiger partial charge in [-0.15, -0.1) is 0 Å². The highest BCUT2D eigenvalue weighted by Crippen LogP contribution is 2.39. The fraction of sp³-hybridized carbons (Fsp3) is 0. The Kier molecular flexibility index (Phi) is 4.61. The van der Waals surface area contributed by atoms with Crippen LogP contribution in [0.1, 0.15) is 0 Å². The Balaban J connectivity index is 1.38. The van der Waals surface area contributed by atoms with Gasteiger partial charge in [-0.1, -0.05) is 97.1 Å². The molecule has 0 saturated heterocycles. The minimum atomic E-state index is 0.870. The third-order valence-electron chi connectivity index (χ3n) is 8.33. The van der Waals surface area contributed by atoms with Gasteiger partial charge in [0.2, 0.25) is 0 Å². The van der Waals surface area contributed by atoms with Crippen LogP contribution in [0.15, 0.2) is 140 Å². The lowest BCUT2D eigenvalue weighted by Crippen LogP contribution is -1.96. The zero-order chi connectivity index (χ0) is 26.9. The molecule has 0 amide bonds. The van der Waals surface area contributed by atoms with Gasteiger partial charge in [-0.25, -0.2) is 9.97 Å². The zero-order valence-electron chi connectivity index (χ0n) is 22.1. The lowest BCUT2D eigenvalue weighted by atomic mass is 9.93. The molecule has 0 aliphatic carbocycles. The summed E-state index contributed by atoms with van der Waals surface area (Å²) in [5.74, 6) is 0. The van der Waals surface area contributed by atoms with Crippen molar-refractivity contribution in [3.8, 4) is 16.8 Å². The van der Waals surface area contributed by atoms with E-state index in [9.17, 15) is 0 Å². The van der Waals surface area contributed by atoms with Crippen LogP contribution in [-0.2, 0) is 0 Å². The average Bonchev–Trinajstić information content (AvgIpc) is 3.35. The second kappa shape index (κ2) is 8.48. The highest BCUT2D eigenvalue weighted by molar-refractivity contribution is 6.15. The largest absolute Gasteiger partial charge is 0.293 e. The molecule has 0 atom stereocenters. The summed E-state index contributed by atoms with van der Waals surface area (Å²) in [6, 6.07) is 49.7. The van der Waals surface area contributed by atoms with Gasteiger partial charge in [0.15, 0.2) is 5.65 Å². The van der Waals surface area contributed by atoms with Crippen LogP contribution in [0.5, 0.6) is 0 Å². The summed E-state index contributed by atoms with van der Waals surface area (Å²) < 4.78 is 2.26. The molecule has 0 radical (unpaired) electrons. The van der Waals surface area contributed by atoms with Crippen molar-refractivity contribution in [2.24, 2.45) is 0 Å². The molecule has 3 heteroatoms. The van der Waals surface area contributed by atoms with E-state index in [-0.39, 0.29) is 0 Å². The Bertz CT molecular complexity index is 2490. The maximum atomic E-state index is 5.18. The molecule has 2 aromatic heterocycles. The SMILES string of the molecule is c1ccc2cc(-n3c4ccc(-c5cc6ccccc6c6ccccc56)cc4c4nc5ccccc5nc43)ccc2c1. The van der Waals surface area contributed by atoms with Crippen molar-refractivity contribution in [3.63, 3.8) is 0 Å².